The highest BCUT2D eigenvalue weighted by atomic mass is 15.5. The van der Waals surface area contributed by atoms with Crippen LogP contribution in [0, 0.1) is 0 Å². The van der Waals surface area contributed by atoms with Gasteiger partial charge in [0.15, 0.2) is 11.6 Å². The fraction of sp³-hybridized carbons (Fsp3) is 0. The van der Waals surface area contributed by atoms with Gasteiger partial charge in [0.05, 0.1) is 11.4 Å². The molecule has 0 atom stereocenters. The third-order valence-corrected chi connectivity index (χ3v) is 4.34. The second-order valence-electron chi connectivity index (χ2n) is 6.08. The van der Waals surface area contributed by atoms with Crippen LogP contribution < -0.4 is 0 Å². The molecule has 0 aliphatic carbocycles. The number of nitrogens with zero attached hydrogens (tertiary/aromatic N) is 8. The van der Waals surface area contributed by atoms with Gasteiger partial charge in [-0.3, -0.25) is 0 Å². The highest BCUT2D eigenvalue weighted by Gasteiger charge is 2.13. The highest BCUT2D eigenvalue weighted by molar-refractivity contribution is 5.65. The van der Waals surface area contributed by atoms with Gasteiger partial charge in [0.25, 0.3) is 0 Å². The molecule has 0 fully saturated rings. The van der Waals surface area contributed by atoms with Crippen molar-refractivity contribution in [3.05, 3.63) is 84.9 Å². The summed E-state index contributed by atoms with van der Waals surface area (Å²) in [5.41, 5.74) is 3.60. The molecule has 0 bridgehead atoms. The molecular weight excluding hydrogens is 352 g/mol. The van der Waals surface area contributed by atoms with Crippen LogP contribution in [-0.4, -0.2) is 40.4 Å². The van der Waals surface area contributed by atoms with E-state index in [1.54, 1.807) is 9.36 Å². The third-order valence-electron chi connectivity index (χ3n) is 4.34. The molecule has 0 saturated heterocycles. The second kappa shape index (κ2) is 6.84. The zero-order chi connectivity index (χ0) is 18.8. The van der Waals surface area contributed by atoms with Crippen molar-refractivity contribution < 1.29 is 0 Å². The Morgan fingerprint density at radius 2 is 0.857 bits per heavy atom. The van der Waals surface area contributed by atoms with Crippen LogP contribution in [0.25, 0.3) is 34.2 Å². The molecular formula is C20H14N8. The minimum absolute atomic E-state index is 0.667. The molecule has 8 nitrogen and oxygen atoms in total. The van der Waals surface area contributed by atoms with E-state index in [1.165, 1.54) is 0 Å². The van der Waals surface area contributed by atoms with Gasteiger partial charge >= 0.3 is 0 Å². The number of hydrogen-bond acceptors (Lipinski definition) is 6. The molecule has 3 aromatic carbocycles. The molecule has 0 unspecified atom stereocenters. The van der Waals surface area contributed by atoms with E-state index < -0.39 is 0 Å². The third kappa shape index (κ3) is 2.82. The number of para-hydroxylation sites is 2. The van der Waals surface area contributed by atoms with E-state index in [9.17, 15) is 0 Å². The van der Waals surface area contributed by atoms with Crippen molar-refractivity contribution >= 4 is 0 Å². The Morgan fingerprint density at radius 1 is 0.464 bits per heavy atom. The lowest BCUT2D eigenvalue weighted by Crippen LogP contribution is -2.00. The zero-order valence-electron chi connectivity index (χ0n) is 14.7. The maximum Gasteiger partial charge on any atom is 0.187 e. The maximum absolute atomic E-state index is 4.18. The fourth-order valence-electron chi connectivity index (χ4n) is 2.99. The van der Waals surface area contributed by atoms with Gasteiger partial charge in [-0.2, -0.15) is 9.36 Å². The van der Waals surface area contributed by atoms with E-state index in [4.69, 9.17) is 0 Å². The van der Waals surface area contributed by atoms with Crippen LogP contribution in [0.4, 0.5) is 0 Å². The Labute approximate surface area is 160 Å². The molecule has 28 heavy (non-hydrogen) atoms. The number of hydrogen-bond donors (Lipinski definition) is 0. The van der Waals surface area contributed by atoms with E-state index in [1.807, 2.05) is 84.9 Å². The predicted octanol–water partition coefficient (Wildman–Crippen LogP) is 2.97. The summed E-state index contributed by atoms with van der Waals surface area (Å²) in [6.45, 7) is 0. The lowest BCUT2D eigenvalue weighted by molar-refractivity contribution is 0.791. The first-order valence-corrected chi connectivity index (χ1v) is 8.68. The lowest BCUT2D eigenvalue weighted by atomic mass is 10.1. The molecule has 0 aliphatic heterocycles. The monoisotopic (exact) mass is 366 g/mol. The fourth-order valence-corrected chi connectivity index (χ4v) is 2.99. The normalized spacial score (nSPS) is 10.9. The first kappa shape index (κ1) is 16.0. The van der Waals surface area contributed by atoms with E-state index >= 15 is 0 Å². The molecule has 2 heterocycles. The van der Waals surface area contributed by atoms with Crippen LogP contribution in [0.1, 0.15) is 0 Å². The molecule has 0 saturated carbocycles. The Hall–Kier alpha value is -4.20. The lowest BCUT2D eigenvalue weighted by Gasteiger charge is -2.06. The molecule has 8 heteroatoms. The van der Waals surface area contributed by atoms with Gasteiger partial charge in [0.2, 0.25) is 0 Å². The number of rotatable bonds is 4. The maximum atomic E-state index is 4.18. The smallest absolute Gasteiger partial charge is 0.187 e. The highest BCUT2D eigenvalue weighted by Crippen LogP contribution is 2.24. The summed E-state index contributed by atoms with van der Waals surface area (Å²) in [5.74, 6) is 1.33. The van der Waals surface area contributed by atoms with Crippen molar-refractivity contribution in [2.45, 2.75) is 0 Å². The van der Waals surface area contributed by atoms with Crippen molar-refractivity contribution in [1.82, 2.24) is 40.4 Å². The van der Waals surface area contributed by atoms with Crippen molar-refractivity contribution in [2.24, 2.45) is 0 Å². The van der Waals surface area contributed by atoms with Gasteiger partial charge in [-0.15, -0.1) is 10.2 Å². The molecule has 0 N–H and O–H groups in total. The van der Waals surface area contributed by atoms with Crippen LogP contribution >= 0.6 is 0 Å². The molecule has 2 aromatic heterocycles. The Bertz CT molecular complexity index is 1100. The van der Waals surface area contributed by atoms with Crippen LogP contribution in [0.5, 0.6) is 0 Å². The van der Waals surface area contributed by atoms with Crippen LogP contribution in [0.3, 0.4) is 0 Å². The molecule has 5 aromatic rings. The van der Waals surface area contributed by atoms with E-state index in [0.717, 1.165) is 22.5 Å². The predicted molar refractivity (Wildman–Crippen MR) is 103 cm³/mol. The number of aromatic nitrogens is 8. The van der Waals surface area contributed by atoms with E-state index in [0.29, 0.717) is 11.6 Å². The minimum Gasteiger partial charge on any atom is -0.193 e. The molecule has 0 amide bonds. The Morgan fingerprint density at radius 3 is 1.25 bits per heavy atom. The standard InChI is InChI=1S/C20H14N8/c1-3-7-17(8-4-1)27-19(21-23-25-27)15-11-13-16(14-12-15)20-22-24-26-28(20)18-9-5-2-6-10-18/h1-14H. The summed E-state index contributed by atoms with van der Waals surface area (Å²) in [5, 5.41) is 24.2. The average molecular weight is 366 g/mol. The van der Waals surface area contributed by atoms with Gasteiger partial charge in [-0.1, -0.05) is 60.7 Å². The van der Waals surface area contributed by atoms with Gasteiger partial charge in [0.1, 0.15) is 0 Å². The molecule has 5 rings (SSSR count). The van der Waals surface area contributed by atoms with Gasteiger partial charge in [0, 0.05) is 11.1 Å². The van der Waals surface area contributed by atoms with Crippen molar-refractivity contribution in [1.29, 1.82) is 0 Å². The van der Waals surface area contributed by atoms with Crippen molar-refractivity contribution in [2.75, 3.05) is 0 Å². The van der Waals surface area contributed by atoms with Crippen molar-refractivity contribution in [3.63, 3.8) is 0 Å². The summed E-state index contributed by atoms with van der Waals surface area (Å²) >= 11 is 0. The Kier molecular flexibility index (Phi) is 3.91. The molecule has 0 radical (unpaired) electrons. The van der Waals surface area contributed by atoms with Crippen LogP contribution in [0.15, 0.2) is 84.9 Å². The van der Waals surface area contributed by atoms with Crippen LogP contribution in [0.2, 0.25) is 0 Å². The van der Waals surface area contributed by atoms with Gasteiger partial charge in [-0.25, -0.2) is 0 Å². The quantitative estimate of drug-likeness (QED) is 0.486. The molecule has 0 spiro atoms. The van der Waals surface area contributed by atoms with E-state index in [-0.39, 0.29) is 0 Å². The van der Waals surface area contributed by atoms with E-state index in [2.05, 4.69) is 31.1 Å². The largest absolute Gasteiger partial charge is 0.193 e. The average Bonchev–Trinajstić information content (AvgIpc) is 3.45. The summed E-state index contributed by atoms with van der Waals surface area (Å²) in [6.07, 6.45) is 0. The minimum atomic E-state index is 0.667. The zero-order valence-corrected chi connectivity index (χ0v) is 14.7. The van der Waals surface area contributed by atoms with Crippen LogP contribution in [-0.2, 0) is 0 Å². The molecule has 134 valence electrons. The van der Waals surface area contributed by atoms with Gasteiger partial charge < -0.3 is 0 Å². The second-order valence-corrected chi connectivity index (χ2v) is 6.08. The Balaban J connectivity index is 1.51. The van der Waals surface area contributed by atoms with Crippen molar-refractivity contribution in [3.8, 4) is 34.2 Å². The topological polar surface area (TPSA) is 87.2 Å². The van der Waals surface area contributed by atoms with Gasteiger partial charge in [-0.05, 0) is 45.1 Å². The number of tetrazole rings is 2. The molecule has 0 aliphatic rings. The summed E-state index contributed by atoms with van der Waals surface area (Å²) in [6, 6.07) is 27.4. The summed E-state index contributed by atoms with van der Waals surface area (Å²) in [4.78, 5) is 0. The first-order chi connectivity index (χ1) is 13.9. The first-order valence-electron chi connectivity index (χ1n) is 8.68. The number of benzene rings is 3. The summed E-state index contributed by atoms with van der Waals surface area (Å²) in [7, 11) is 0. The SMILES string of the molecule is c1ccc(-n2nnnc2-c2ccc(-c3nnnn3-c3ccccc3)cc2)cc1. The summed E-state index contributed by atoms with van der Waals surface area (Å²) < 4.78 is 3.42.